The van der Waals surface area contributed by atoms with E-state index in [9.17, 15) is 14.4 Å². The van der Waals surface area contributed by atoms with Crippen LogP contribution in [-0.2, 0) is 20.8 Å². The smallest absolute Gasteiger partial charge is 0.283 e. The molecule has 8 nitrogen and oxygen atoms in total. The van der Waals surface area contributed by atoms with Gasteiger partial charge in [-0.15, -0.1) is 0 Å². The summed E-state index contributed by atoms with van der Waals surface area (Å²) >= 11 is 12.3. The molecule has 0 spiro atoms. The molecule has 0 unspecified atom stereocenters. The van der Waals surface area contributed by atoms with Crippen LogP contribution in [0.25, 0.3) is 0 Å². The highest BCUT2D eigenvalue weighted by Gasteiger charge is 2.39. The van der Waals surface area contributed by atoms with Gasteiger partial charge in [0.15, 0.2) is 0 Å². The molecule has 3 aromatic rings. The number of ether oxygens (including phenoxy) is 2. The van der Waals surface area contributed by atoms with E-state index < -0.39 is 11.8 Å². The number of carbonyl (C=O) groups is 3. The average molecular weight is 540 g/mol. The fourth-order valence-electron chi connectivity index (χ4n) is 3.69. The van der Waals surface area contributed by atoms with Crippen LogP contribution in [0.3, 0.4) is 0 Å². The number of rotatable bonds is 9. The van der Waals surface area contributed by atoms with Crippen LogP contribution in [-0.4, -0.2) is 31.4 Å². The number of methoxy groups -OCH3 is 1. The minimum absolute atomic E-state index is 0.0255. The lowest BCUT2D eigenvalue weighted by molar-refractivity contribution is -0.120. The topological polar surface area (TPSA) is 97.0 Å². The number of imide groups is 1. The van der Waals surface area contributed by atoms with E-state index in [2.05, 4.69) is 10.6 Å². The van der Waals surface area contributed by atoms with Gasteiger partial charge in [-0.05, 0) is 67.1 Å². The van der Waals surface area contributed by atoms with Crippen LogP contribution < -0.4 is 25.0 Å². The summed E-state index contributed by atoms with van der Waals surface area (Å²) in [7, 11) is 1.51. The summed E-state index contributed by atoms with van der Waals surface area (Å²) in [6.45, 7) is 2.37. The second-order valence-corrected chi connectivity index (χ2v) is 8.74. The predicted molar refractivity (Wildman–Crippen MR) is 143 cm³/mol. The zero-order valence-corrected chi connectivity index (χ0v) is 21.5. The molecule has 2 N–H and O–H groups in total. The van der Waals surface area contributed by atoms with Crippen molar-refractivity contribution >= 4 is 58.0 Å². The van der Waals surface area contributed by atoms with E-state index >= 15 is 0 Å². The molecule has 0 saturated carbocycles. The van der Waals surface area contributed by atoms with E-state index in [1.807, 2.05) is 6.92 Å². The third kappa shape index (κ3) is 5.87. The van der Waals surface area contributed by atoms with Crippen LogP contribution in [0.5, 0.6) is 11.5 Å². The second-order valence-electron chi connectivity index (χ2n) is 7.96. The number of hydrogen-bond donors (Lipinski definition) is 2. The maximum Gasteiger partial charge on any atom is 0.283 e. The number of nitrogens with zero attached hydrogens (tertiary/aromatic N) is 1. The highest BCUT2D eigenvalue weighted by molar-refractivity contribution is 6.53. The molecule has 4 rings (SSSR count). The zero-order valence-electron chi connectivity index (χ0n) is 20.0. The van der Waals surface area contributed by atoms with E-state index in [4.69, 9.17) is 32.7 Å². The standard InChI is InChI=1S/C27H23Cl2N3O5/c1-3-37-20-11-9-19(10-12-20)32-26(34)24(29)25(27(32)35)31-17-6-4-16(5-7-17)14-23(33)30-18-8-13-22(36-2)21(28)15-18/h4-13,15,31H,3,14H2,1-2H3,(H,30,33). The Morgan fingerprint density at radius 1 is 0.919 bits per heavy atom. The molecule has 1 heterocycles. The maximum absolute atomic E-state index is 13.0. The van der Waals surface area contributed by atoms with Crippen molar-refractivity contribution in [2.45, 2.75) is 13.3 Å². The molecule has 0 aliphatic carbocycles. The number of carbonyl (C=O) groups excluding carboxylic acids is 3. The third-order valence-electron chi connectivity index (χ3n) is 5.46. The summed E-state index contributed by atoms with van der Waals surface area (Å²) in [5, 5.41) is 5.90. The third-order valence-corrected chi connectivity index (χ3v) is 6.10. The normalized spacial score (nSPS) is 13.1. The number of anilines is 3. The average Bonchev–Trinajstić information content (AvgIpc) is 3.09. The molecule has 0 radical (unpaired) electrons. The van der Waals surface area contributed by atoms with Crippen molar-refractivity contribution < 1.29 is 23.9 Å². The monoisotopic (exact) mass is 539 g/mol. The second kappa shape index (κ2) is 11.4. The molecule has 37 heavy (non-hydrogen) atoms. The summed E-state index contributed by atoms with van der Waals surface area (Å²) in [4.78, 5) is 39.1. The van der Waals surface area contributed by atoms with E-state index in [0.29, 0.717) is 40.2 Å². The highest BCUT2D eigenvalue weighted by Crippen LogP contribution is 2.31. The molecule has 0 atom stereocenters. The number of nitrogens with one attached hydrogen (secondary N) is 2. The molecule has 10 heteroatoms. The van der Waals surface area contributed by atoms with E-state index in [-0.39, 0.29) is 23.1 Å². The van der Waals surface area contributed by atoms with Crippen molar-refractivity contribution in [3.63, 3.8) is 0 Å². The van der Waals surface area contributed by atoms with Crippen LogP contribution in [0.4, 0.5) is 17.1 Å². The zero-order chi connectivity index (χ0) is 26.5. The van der Waals surface area contributed by atoms with Crippen molar-refractivity contribution in [3.8, 4) is 11.5 Å². The first-order valence-corrected chi connectivity index (χ1v) is 12.1. The lowest BCUT2D eigenvalue weighted by Gasteiger charge is -2.15. The number of amides is 3. The summed E-state index contributed by atoms with van der Waals surface area (Å²) in [5.41, 5.74) is 2.19. The largest absolute Gasteiger partial charge is 0.495 e. The van der Waals surface area contributed by atoms with E-state index in [1.165, 1.54) is 7.11 Å². The Kier molecular flexibility index (Phi) is 8.01. The van der Waals surface area contributed by atoms with Gasteiger partial charge in [-0.25, -0.2) is 4.90 Å². The predicted octanol–water partition coefficient (Wildman–Crippen LogP) is 5.36. The molecular formula is C27H23Cl2N3O5. The molecule has 190 valence electrons. The fraction of sp³-hybridized carbons (Fsp3) is 0.148. The van der Waals surface area contributed by atoms with Crippen LogP contribution >= 0.6 is 23.2 Å². The summed E-state index contributed by atoms with van der Waals surface area (Å²) in [6, 6.07) is 18.4. The van der Waals surface area contributed by atoms with Gasteiger partial charge in [-0.3, -0.25) is 14.4 Å². The summed E-state index contributed by atoms with van der Waals surface area (Å²) in [5.74, 6) is -0.270. The van der Waals surface area contributed by atoms with Gasteiger partial charge in [0, 0.05) is 11.4 Å². The molecule has 0 saturated heterocycles. The molecule has 0 fully saturated rings. The number of hydrogen-bond acceptors (Lipinski definition) is 6. The lowest BCUT2D eigenvalue weighted by atomic mass is 10.1. The Bertz CT molecular complexity index is 1370. The Morgan fingerprint density at radius 2 is 1.59 bits per heavy atom. The van der Waals surface area contributed by atoms with Gasteiger partial charge in [0.25, 0.3) is 11.8 Å². The molecule has 3 aromatic carbocycles. The van der Waals surface area contributed by atoms with Gasteiger partial charge in [-0.2, -0.15) is 0 Å². The van der Waals surface area contributed by atoms with Crippen LogP contribution in [0, 0.1) is 0 Å². The van der Waals surface area contributed by atoms with Gasteiger partial charge in [0.1, 0.15) is 22.2 Å². The Labute approximate surface area is 223 Å². The first-order chi connectivity index (χ1) is 17.8. The molecule has 1 aliphatic heterocycles. The highest BCUT2D eigenvalue weighted by atomic mass is 35.5. The minimum atomic E-state index is -0.620. The quantitative estimate of drug-likeness (QED) is 0.355. The summed E-state index contributed by atoms with van der Waals surface area (Å²) < 4.78 is 10.5. The van der Waals surface area contributed by atoms with Crippen LogP contribution in [0.1, 0.15) is 12.5 Å². The van der Waals surface area contributed by atoms with Gasteiger partial charge in [-0.1, -0.05) is 35.3 Å². The van der Waals surface area contributed by atoms with Crippen molar-refractivity contribution in [1.82, 2.24) is 0 Å². The van der Waals surface area contributed by atoms with Crippen molar-refractivity contribution in [2.75, 3.05) is 29.3 Å². The first-order valence-electron chi connectivity index (χ1n) is 11.3. The molecule has 0 aromatic heterocycles. The maximum atomic E-state index is 13.0. The van der Waals surface area contributed by atoms with Crippen LogP contribution in [0.15, 0.2) is 77.5 Å². The first kappa shape index (κ1) is 26.1. The Hall–Kier alpha value is -4.01. The number of benzene rings is 3. The van der Waals surface area contributed by atoms with Gasteiger partial charge < -0.3 is 20.1 Å². The van der Waals surface area contributed by atoms with Gasteiger partial charge in [0.2, 0.25) is 5.91 Å². The molecule has 3 amide bonds. The van der Waals surface area contributed by atoms with Crippen molar-refractivity contribution in [2.24, 2.45) is 0 Å². The van der Waals surface area contributed by atoms with Gasteiger partial charge in [0.05, 0.1) is 30.8 Å². The fourth-order valence-corrected chi connectivity index (χ4v) is 4.16. The molecule has 1 aliphatic rings. The Balaban J connectivity index is 1.39. The Morgan fingerprint density at radius 3 is 2.22 bits per heavy atom. The van der Waals surface area contributed by atoms with Gasteiger partial charge >= 0.3 is 0 Å². The molecule has 0 bridgehead atoms. The summed E-state index contributed by atoms with van der Waals surface area (Å²) in [6.07, 6.45) is 0.121. The minimum Gasteiger partial charge on any atom is -0.495 e. The lowest BCUT2D eigenvalue weighted by Crippen LogP contribution is -2.32. The van der Waals surface area contributed by atoms with E-state index in [1.54, 1.807) is 66.7 Å². The van der Waals surface area contributed by atoms with Crippen molar-refractivity contribution in [1.29, 1.82) is 0 Å². The molecular weight excluding hydrogens is 517 g/mol. The van der Waals surface area contributed by atoms with Crippen molar-refractivity contribution in [3.05, 3.63) is 88.0 Å². The van der Waals surface area contributed by atoms with Crippen LogP contribution in [0.2, 0.25) is 5.02 Å². The van der Waals surface area contributed by atoms with E-state index in [0.717, 1.165) is 10.5 Å². The SMILES string of the molecule is CCOc1ccc(N2C(=O)C(Cl)=C(Nc3ccc(CC(=O)Nc4ccc(OC)c(Cl)c4)cc3)C2=O)cc1. The number of halogens is 2.